The summed E-state index contributed by atoms with van der Waals surface area (Å²) in [5, 5.41) is 0. The van der Waals surface area contributed by atoms with E-state index in [-0.39, 0.29) is 0 Å². The lowest BCUT2D eigenvalue weighted by Crippen LogP contribution is -2.36. The van der Waals surface area contributed by atoms with Gasteiger partial charge >= 0.3 is 0 Å². The predicted octanol–water partition coefficient (Wildman–Crippen LogP) is 1.54. The summed E-state index contributed by atoms with van der Waals surface area (Å²) in [5.41, 5.74) is 4.63. The van der Waals surface area contributed by atoms with Crippen molar-refractivity contribution in [1.29, 1.82) is 0 Å². The lowest BCUT2D eigenvalue weighted by Gasteiger charge is -2.13. The minimum atomic E-state index is 0.319. The first kappa shape index (κ1) is 10.9. The number of nitrogens with two attached hydrogens (primary N) is 1. The van der Waals surface area contributed by atoms with Crippen molar-refractivity contribution in [3.8, 4) is 0 Å². The van der Waals surface area contributed by atoms with Crippen molar-refractivity contribution in [3.05, 3.63) is 16.6 Å². The fourth-order valence-corrected chi connectivity index (χ4v) is 1.98. The number of thiazole rings is 1. The van der Waals surface area contributed by atoms with Crippen molar-refractivity contribution >= 4 is 22.9 Å². The molecule has 1 rings (SSSR count). The first-order valence-electron chi connectivity index (χ1n) is 4.26. The normalized spacial score (nSPS) is 13.1. The topological polar surface area (TPSA) is 50.9 Å². The van der Waals surface area contributed by atoms with Crippen LogP contribution in [0.3, 0.4) is 0 Å². The molecule has 0 aliphatic heterocycles. The van der Waals surface area contributed by atoms with E-state index >= 15 is 0 Å². The van der Waals surface area contributed by atoms with Gasteiger partial charge < -0.3 is 0 Å². The predicted molar refractivity (Wildman–Crippen MR) is 56.9 cm³/mol. The second-order valence-corrected chi connectivity index (χ2v) is 4.22. The van der Waals surface area contributed by atoms with Gasteiger partial charge in [0, 0.05) is 29.4 Å². The number of nitrogens with zero attached hydrogens (tertiary/aromatic N) is 1. The molecular formula is C8H14ClN3S. The van der Waals surface area contributed by atoms with Gasteiger partial charge in [-0.2, -0.15) is 0 Å². The highest BCUT2D eigenvalue weighted by Crippen LogP contribution is 2.11. The maximum Gasteiger partial charge on any atom is 0.0794 e. The molecule has 1 unspecified atom stereocenters. The molecule has 0 bridgehead atoms. The highest BCUT2D eigenvalue weighted by Gasteiger charge is 2.07. The van der Waals surface area contributed by atoms with E-state index in [0.717, 1.165) is 19.3 Å². The van der Waals surface area contributed by atoms with Crippen LogP contribution in [0.1, 0.15) is 17.7 Å². The number of alkyl halides is 1. The van der Waals surface area contributed by atoms with Gasteiger partial charge in [0.2, 0.25) is 0 Å². The quantitative estimate of drug-likeness (QED) is 0.434. The molecular weight excluding hydrogens is 206 g/mol. The molecule has 0 aliphatic carbocycles. The monoisotopic (exact) mass is 219 g/mol. The van der Waals surface area contributed by atoms with Crippen molar-refractivity contribution in [3.63, 3.8) is 0 Å². The highest BCUT2D eigenvalue weighted by molar-refractivity contribution is 7.09. The van der Waals surface area contributed by atoms with Gasteiger partial charge in [-0.1, -0.05) is 0 Å². The average Bonchev–Trinajstić information content (AvgIpc) is 2.64. The van der Waals surface area contributed by atoms with Gasteiger partial charge in [-0.15, -0.1) is 22.9 Å². The van der Waals surface area contributed by atoms with Crippen LogP contribution >= 0.6 is 22.9 Å². The minimum absolute atomic E-state index is 0.319. The van der Waals surface area contributed by atoms with Crippen molar-refractivity contribution in [2.75, 3.05) is 5.88 Å². The lowest BCUT2D eigenvalue weighted by atomic mass is 10.1. The van der Waals surface area contributed by atoms with Gasteiger partial charge in [0.1, 0.15) is 0 Å². The summed E-state index contributed by atoms with van der Waals surface area (Å²) in [4.78, 5) is 5.28. The summed E-state index contributed by atoms with van der Waals surface area (Å²) in [6.45, 7) is 0. The Labute approximate surface area is 87.3 Å². The summed E-state index contributed by atoms with van der Waals surface area (Å²) < 4.78 is 0. The van der Waals surface area contributed by atoms with Crippen LogP contribution in [-0.2, 0) is 6.42 Å². The van der Waals surface area contributed by atoms with Gasteiger partial charge in [-0.05, 0) is 12.8 Å². The molecule has 0 aliphatic rings. The van der Waals surface area contributed by atoms with Crippen LogP contribution in [0.15, 0.2) is 11.7 Å². The van der Waals surface area contributed by atoms with Crippen LogP contribution in [0, 0.1) is 0 Å². The number of halogens is 1. The third-order valence-electron chi connectivity index (χ3n) is 1.85. The van der Waals surface area contributed by atoms with E-state index in [0.29, 0.717) is 11.9 Å². The molecule has 3 N–H and O–H groups in total. The standard InChI is InChI=1S/C8H14ClN3S/c9-3-1-2-7(12-10)4-8-5-11-6-13-8/h5-7,12H,1-4,10H2. The van der Waals surface area contributed by atoms with E-state index in [1.807, 2.05) is 11.7 Å². The van der Waals surface area contributed by atoms with Crippen LogP contribution in [0.4, 0.5) is 0 Å². The van der Waals surface area contributed by atoms with Gasteiger partial charge in [0.15, 0.2) is 0 Å². The number of hydrogen-bond donors (Lipinski definition) is 2. The molecule has 0 aromatic carbocycles. The van der Waals surface area contributed by atoms with Crippen molar-refractivity contribution < 1.29 is 0 Å². The van der Waals surface area contributed by atoms with Gasteiger partial charge in [-0.25, -0.2) is 0 Å². The molecule has 0 saturated heterocycles. The fourth-order valence-electron chi connectivity index (χ4n) is 1.15. The fraction of sp³-hybridized carbons (Fsp3) is 0.625. The maximum atomic E-state index is 5.61. The van der Waals surface area contributed by atoms with Crippen LogP contribution in [0.25, 0.3) is 0 Å². The van der Waals surface area contributed by atoms with Crippen LogP contribution < -0.4 is 11.3 Å². The highest BCUT2D eigenvalue weighted by atomic mass is 35.5. The molecule has 0 spiro atoms. The molecule has 0 amide bonds. The third-order valence-corrected chi connectivity index (χ3v) is 2.92. The van der Waals surface area contributed by atoms with Crippen LogP contribution in [0.5, 0.6) is 0 Å². The molecule has 1 heterocycles. The van der Waals surface area contributed by atoms with E-state index < -0.39 is 0 Å². The summed E-state index contributed by atoms with van der Waals surface area (Å²) in [6, 6.07) is 0.319. The molecule has 0 radical (unpaired) electrons. The van der Waals surface area contributed by atoms with E-state index in [1.54, 1.807) is 11.3 Å². The van der Waals surface area contributed by atoms with Gasteiger partial charge in [0.05, 0.1) is 5.51 Å². The molecule has 5 heteroatoms. The van der Waals surface area contributed by atoms with E-state index in [9.17, 15) is 0 Å². The number of aromatic nitrogens is 1. The zero-order chi connectivity index (χ0) is 9.52. The van der Waals surface area contributed by atoms with Crippen molar-refractivity contribution in [2.45, 2.75) is 25.3 Å². The molecule has 1 atom stereocenters. The molecule has 74 valence electrons. The lowest BCUT2D eigenvalue weighted by molar-refractivity contribution is 0.489. The molecule has 1 aromatic heterocycles. The SMILES string of the molecule is NNC(CCCCl)Cc1cncs1. The number of hydrazine groups is 1. The Morgan fingerprint density at radius 2 is 2.54 bits per heavy atom. The third kappa shape index (κ3) is 4.04. The zero-order valence-corrected chi connectivity index (χ0v) is 8.94. The first-order valence-corrected chi connectivity index (χ1v) is 5.67. The Morgan fingerprint density at radius 3 is 3.08 bits per heavy atom. The second-order valence-electron chi connectivity index (χ2n) is 2.87. The smallest absolute Gasteiger partial charge is 0.0794 e. The van der Waals surface area contributed by atoms with Crippen molar-refractivity contribution in [1.82, 2.24) is 10.4 Å². The number of nitrogens with one attached hydrogen (secondary N) is 1. The summed E-state index contributed by atoms with van der Waals surface area (Å²) >= 11 is 7.27. The second kappa shape index (κ2) is 6.32. The average molecular weight is 220 g/mol. The maximum absolute atomic E-state index is 5.61. The zero-order valence-electron chi connectivity index (χ0n) is 7.37. The summed E-state index contributed by atoms with van der Waals surface area (Å²) in [6.07, 6.45) is 4.83. The first-order chi connectivity index (χ1) is 6.36. The van der Waals surface area contributed by atoms with Gasteiger partial charge in [0.25, 0.3) is 0 Å². The van der Waals surface area contributed by atoms with E-state index in [4.69, 9.17) is 17.4 Å². The number of hydrogen-bond acceptors (Lipinski definition) is 4. The molecule has 3 nitrogen and oxygen atoms in total. The summed E-state index contributed by atoms with van der Waals surface area (Å²) in [7, 11) is 0. The molecule has 1 aromatic rings. The largest absolute Gasteiger partial charge is 0.271 e. The molecule has 0 fully saturated rings. The van der Waals surface area contributed by atoms with Crippen LogP contribution in [0.2, 0.25) is 0 Å². The number of rotatable bonds is 6. The molecule has 0 saturated carbocycles. The Bertz CT molecular complexity index is 215. The Hall–Kier alpha value is -0.160. The minimum Gasteiger partial charge on any atom is -0.271 e. The summed E-state index contributed by atoms with van der Waals surface area (Å²) in [5.74, 6) is 6.12. The van der Waals surface area contributed by atoms with E-state index in [2.05, 4.69) is 10.4 Å². The Balaban J connectivity index is 2.31. The van der Waals surface area contributed by atoms with Gasteiger partial charge in [-0.3, -0.25) is 16.3 Å². The Morgan fingerprint density at radius 1 is 1.69 bits per heavy atom. The molecule has 13 heavy (non-hydrogen) atoms. The van der Waals surface area contributed by atoms with E-state index in [1.165, 1.54) is 4.88 Å². The van der Waals surface area contributed by atoms with Crippen LogP contribution in [-0.4, -0.2) is 16.9 Å². The van der Waals surface area contributed by atoms with Crippen molar-refractivity contribution in [2.24, 2.45) is 5.84 Å². The Kier molecular flexibility index (Phi) is 5.31.